The van der Waals surface area contributed by atoms with E-state index in [0.717, 1.165) is 50.3 Å². The molecular formula is C21H24ClN3O3. The van der Waals surface area contributed by atoms with Gasteiger partial charge >= 0.3 is 5.97 Å². The second kappa shape index (κ2) is 7.68. The molecule has 1 N–H and O–H groups in total. The zero-order valence-corrected chi connectivity index (χ0v) is 16.4. The lowest BCUT2D eigenvalue weighted by Crippen LogP contribution is -2.35. The molecule has 1 saturated carbocycles. The van der Waals surface area contributed by atoms with E-state index in [1.54, 1.807) is 0 Å². The number of carboxylic acid groups (broad SMARTS) is 1. The Balaban J connectivity index is 1.33. The quantitative estimate of drug-likeness (QED) is 0.839. The standard InChI is InChI=1S/C21H24ClN3O3/c22-17-3-1-2-15(12-17)13-24-11-9-21(14-24)7-4-16(5-8-21)19(26)25-10-6-18(23-25)20(27)28/h1-3,6,10,12,16H,4-5,7-9,11,13-14H2,(H,27,28). The van der Waals surface area contributed by atoms with E-state index in [4.69, 9.17) is 16.7 Å². The van der Waals surface area contributed by atoms with Crippen molar-refractivity contribution in [1.82, 2.24) is 14.7 Å². The summed E-state index contributed by atoms with van der Waals surface area (Å²) in [5.41, 5.74) is 1.44. The highest BCUT2D eigenvalue weighted by Crippen LogP contribution is 2.46. The first kappa shape index (κ1) is 19.2. The molecule has 1 spiro atoms. The van der Waals surface area contributed by atoms with Gasteiger partial charge in [0, 0.05) is 30.2 Å². The Morgan fingerprint density at radius 3 is 2.68 bits per heavy atom. The Hall–Kier alpha value is -2.18. The predicted molar refractivity (Wildman–Crippen MR) is 106 cm³/mol. The number of rotatable bonds is 4. The Labute approximate surface area is 169 Å². The van der Waals surface area contributed by atoms with Gasteiger partial charge in [-0.25, -0.2) is 9.48 Å². The molecule has 7 heteroatoms. The maximum absolute atomic E-state index is 12.7. The number of aromatic carboxylic acids is 1. The molecule has 0 unspecified atom stereocenters. The number of aromatic nitrogens is 2. The van der Waals surface area contributed by atoms with Crippen LogP contribution in [0.2, 0.25) is 5.02 Å². The van der Waals surface area contributed by atoms with Crippen LogP contribution in [0.3, 0.4) is 0 Å². The molecule has 1 saturated heterocycles. The van der Waals surface area contributed by atoms with E-state index in [1.807, 2.05) is 18.2 Å². The largest absolute Gasteiger partial charge is 0.476 e. The van der Waals surface area contributed by atoms with Crippen LogP contribution < -0.4 is 0 Å². The summed E-state index contributed by atoms with van der Waals surface area (Å²) in [6.07, 6.45) is 6.36. The monoisotopic (exact) mass is 401 g/mol. The molecule has 1 aromatic heterocycles. The van der Waals surface area contributed by atoms with Gasteiger partial charge in [0.25, 0.3) is 0 Å². The van der Waals surface area contributed by atoms with E-state index in [9.17, 15) is 9.59 Å². The molecule has 148 valence electrons. The molecule has 2 heterocycles. The Kier molecular flexibility index (Phi) is 5.25. The summed E-state index contributed by atoms with van der Waals surface area (Å²) in [7, 11) is 0. The molecule has 2 fully saturated rings. The lowest BCUT2D eigenvalue weighted by Gasteiger charge is -2.36. The maximum atomic E-state index is 12.7. The van der Waals surface area contributed by atoms with Crippen molar-refractivity contribution in [2.45, 2.75) is 38.6 Å². The predicted octanol–water partition coefficient (Wildman–Crippen LogP) is 3.96. The first-order chi connectivity index (χ1) is 13.4. The fraction of sp³-hybridized carbons (Fsp3) is 0.476. The van der Waals surface area contributed by atoms with E-state index in [2.05, 4.69) is 16.1 Å². The molecule has 0 amide bonds. The lowest BCUT2D eigenvalue weighted by molar-refractivity contribution is 0.0683. The van der Waals surface area contributed by atoms with Crippen LogP contribution in [-0.4, -0.2) is 44.8 Å². The van der Waals surface area contributed by atoms with Gasteiger partial charge in [0.2, 0.25) is 5.91 Å². The van der Waals surface area contributed by atoms with Crippen molar-refractivity contribution < 1.29 is 14.7 Å². The topological polar surface area (TPSA) is 75.4 Å². The first-order valence-electron chi connectivity index (χ1n) is 9.74. The van der Waals surface area contributed by atoms with Crippen LogP contribution in [0.4, 0.5) is 0 Å². The number of hydrogen-bond acceptors (Lipinski definition) is 4. The summed E-state index contributed by atoms with van der Waals surface area (Å²) >= 11 is 6.10. The first-order valence-corrected chi connectivity index (χ1v) is 10.1. The molecule has 4 rings (SSSR count). The van der Waals surface area contributed by atoms with Crippen molar-refractivity contribution in [3.63, 3.8) is 0 Å². The van der Waals surface area contributed by atoms with Gasteiger partial charge in [-0.1, -0.05) is 23.7 Å². The molecule has 2 aliphatic rings. The van der Waals surface area contributed by atoms with Gasteiger partial charge < -0.3 is 5.11 Å². The Morgan fingerprint density at radius 1 is 1.21 bits per heavy atom. The van der Waals surface area contributed by atoms with E-state index >= 15 is 0 Å². The van der Waals surface area contributed by atoms with Crippen LogP contribution in [0.25, 0.3) is 0 Å². The summed E-state index contributed by atoms with van der Waals surface area (Å²) in [5.74, 6) is -1.27. The summed E-state index contributed by atoms with van der Waals surface area (Å²) in [6, 6.07) is 9.40. The normalized spacial score (nSPS) is 25.2. The summed E-state index contributed by atoms with van der Waals surface area (Å²) in [5, 5.41) is 13.6. The smallest absolute Gasteiger partial charge is 0.356 e. The summed E-state index contributed by atoms with van der Waals surface area (Å²) < 4.78 is 1.20. The third-order valence-electron chi connectivity index (χ3n) is 6.24. The molecular weight excluding hydrogens is 378 g/mol. The Morgan fingerprint density at radius 2 is 2.00 bits per heavy atom. The van der Waals surface area contributed by atoms with Gasteiger partial charge in [0.1, 0.15) is 0 Å². The number of carbonyl (C=O) groups excluding carboxylic acids is 1. The minimum absolute atomic E-state index is 0.0749. The Bertz CT molecular complexity index is 887. The third-order valence-corrected chi connectivity index (χ3v) is 6.48. The number of halogens is 1. The zero-order valence-electron chi connectivity index (χ0n) is 15.7. The lowest BCUT2D eigenvalue weighted by atomic mass is 9.70. The van der Waals surface area contributed by atoms with Crippen molar-refractivity contribution in [1.29, 1.82) is 0 Å². The minimum Gasteiger partial charge on any atom is -0.476 e. The van der Waals surface area contributed by atoms with Crippen LogP contribution in [0.1, 0.15) is 53.0 Å². The fourth-order valence-corrected chi connectivity index (χ4v) is 4.90. The van der Waals surface area contributed by atoms with Gasteiger partial charge in [0.15, 0.2) is 5.69 Å². The van der Waals surface area contributed by atoms with Crippen LogP contribution in [0.5, 0.6) is 0 Å². The number of carbonyl (C=O) groups is 2. The number of carboxylic acids is 1. The van der Waals surface area contributed by atoms with Gasteiger partial charge in [0.05, 0.1) is 0 Å². The zero-order chi connectivity index (χ0) is 19.7. The third kappa shape index (κ3) is 3.98. The van der Waals surface area contributed by atoms with Gasteiger partial charge in [-0.2, -0.15) is 5.10 Å². The fourth-order valence-electron chi connectivity index (χ4n) is 4.69. The van der Waals surface area contributed by atoms with Crippen molar-refractivity contribution >= 4 is 23.5 Å². The molecule has 1 aromatic carbocycles. The number of hydrogen-bond donors (Lipinski definition) is 1. The highest BCUT2D eigenvalue weighted by atomic mass is 35.5. The van der Waals surface area contributed by atoms with E-state index in [1.165, 1.54) is 28.9 Å². The van der Waals surface area contributed by atoms with Crippen LogP contribution in [-0.2, 0) is 6.54 Å². The highest BCUT2D eigenvalue weighted by Gasteiger charge is 2.42. The highest BCUT2D eigenvalue weighted by molar-refractivity contribution is 6.30. The molecule has 28 heavy (non-hydrogen) atoms. The van der Waals surface area contributed by atoms with Gasteiger partial charge in [-0.3, -0.25) is 9.69 Å². The molecule has 1 aliphatic carbocycles. The average Bonchev–Trinajstić information content (AvgIpc) is 3.30. The number of likely N-dealkylation sites (tertiary alicyclic amines) is 1. The molecule has 0 radical (unpaired) electrons. The molecule has 2 aromatic rings. The van der Waals surface area contributed by atoms with E-state index in [0.29, 0.717) is 5.41 Å². The minimum atomic E-state index is -1.11. The SMILES string of the molecule is O=C(O)c1ccn(C(=O)C2CCC3(CC2)CCN(Cc2cccc(Cl)c2)C3)n1. The summed E-state index contributed by atoms with van der Waals surface area (Å²) in [4.78, 5) is 26.1. The molecule has 6 nitrogen and oxygen atoms in total. The molecule has 1 aliphatic heterocycles. The average molecular weight is 402 g/mol. The summed E-state index contributed by atoms with van der Waals surface area (Å²) in [6.45, 7) is 3.05. The second-order valence-corrected chi connectivity index (χ2v) is 8.59. The number of nitrogens with zero attached hydrogens (tertiary/aromatic N) is 3. The van der Waals surface area contributed by atoms with Crippen LogP contribution >= 0.6 is 11.6 Å². The second-order valence-electron chi connectivity index (χ2n) is 8.15. The van der Waals surface area contributed by atoms with Gasteiger partial charge in [-0.15, -0.1) is 0 Å². The molecule has 0 atom stereocenters. The maximum Gasteiger partial charge on any atom is 0.356 e. The van der Waals surface area contributed by atoms with Crippen molar-refractivity contribution in [2.24, 2.45) is 11.3 Å². The van der Waals surface area contributed by atoms with Crippen LogP contribution in [0.15, 0.2) is 36.5 Å². The van der Waals surface area contributed by atoms with Crippen molar-refractivity contribution in [3.8, 4) is 0 Å². The van der Waals surface area contributed by atoms with E-state index < -0.39 is 5.97 Å². The molecule has 0 bridgehead atoms. The van der Waals surface area contributed by atoms with E-state index in [-0.39, 0.29) is 17.5 Å². The van der Waals surface area contributed by atoms with Crippen LogP contribution in [0, 0.1) is 11.3 Å². The van der Waals surface area contributed by atoms with Crippen molar-refractivity contribution in [2.75, 3.05) is 13.1 Å². The van der Waals surface area contributed by atoms with Gasteiger partial charge in [-0.05, 0) is 67.8 Å². The number of benzene rings is 1. The van der Waals surface area contributed by atoms with Crippen molar-refractivity contribution in [3.05, 3.63) is 52.8 Å².